The Bertz CT molecular complexity index is 375. The maximum atomic E-state index is 11.9. The van der Waals surface area contributed by atoms with Crippen molar-refractivity contribution in [3.63, 3.8) is 0 Å². The fourth-order valence-electron chi connectivity index (χ4n) is 3.62. The van der Waals surface area contributed by atoms with Crippen LogP contribution in [-0.2, 0) is 9.47 Å². The number of hydrogen-bond donors (Lipinski definition) is 2. The van der Waals surface area contributed by atoms with Crippen LogP contribution in [0.4, 0.5) is 4.79 Å². The summed E-state index contributed by atoms with van der Waals surface area (Å²) in [5.41, 5.74) is -0.439. The monoisotopic (exact) mass is 326 g/mol. The molecule has 5 heteroatoms. The van der Waals surface area contributed by atoms with E-state index in [0.29, 0.717) is 30.5 Å². The second-order valence-corrected chi connectivity index (χ2v) is 8.11. The Labute approximate surface area is 140 Å². The predicted molar refractivity (Wildman–Crippen MR) is 91.5 cm³/mol. The standard InChI is InChI=1S/C18H34N2O3/c1-13(15-9-10-22-12-15)20-16-8-6-5-7-14(16)11-19-17(21)23-18(2,3)4/h13-16,20H,5-12H2,1-4H3,(H,19,21). The molecule has 5 nitrogen and oxygen atoms in total. The molecular weight excluding hydrogens is 292 g/mol. The molecule has 0 bridgehead atoms. The van der Waals surface area contributed by atoms with Gasteiger partial charge < -0.3 is 20.1 Å². The summed E-state index contributed by atoms with van der Waals surface area (Å²) in [5.74, 6) is 1.11. The van der Waals surface area contributed by atoms with Gasteiger partial charge in [0.1, 0.15) is 5.60 Å². The molecule has 0 aromatic rings. The van der Waals surface area contributed by atoms with E-state index in [1.54, 1.807) is 0 Å². The van der Waals surface area contributed by atoms with Crippen LogP contribution < -0.4 is 10.6 Å². The minimum Gasteiger partial charge on any atom is -0.444 e. The Morgan fingerprint density at radius 1 is 1.26 bits per heavy atom. The fraction of sp³-hybridized carbons (Fsp3) is 0.944. The third-order valence-corrected chi connectivity index (χ3v) is 4.97. The summed E-state index contributed by atoms with van der Waals surface area (Å²) in [6.07, 6.45) is 5.73. The lowest BCUT2D eigenvalue weighted by molar-refractivity contribution is 0.0509. The molecule has 1 saturated heterocycles. The number of hydrogen-bond acceptors (Lipinski definition) is 4. The summed E-state index contributed by atoms with van der Waals surface area (Å²) in [5, 5.41) is 6.77. The topological polar surface area (TPSA) is 59.6 Å². The van der Waals surface area contributed by atoms with Crippen LogP contribution in [0.2, 0.25) is 0 Å². The van der Waals surface area contributed by atoms with E-state index in [0.717, 1.165) is 19.6 Å². The van der Waals surface area contributed by atoms with Crippen LogP contribution in [0.25, 0.3) is 0 Å². The molecular formula is C18H34N2O3. The lowest BCUT2D eigenvalue weighted by Crippen LogP contribution is -2.49. The maximum absolute atomic E-state index is 11.9. The first-order chi connectivity index (χ1) is 10.8. The number of rotatable bonds is 5. The van der Waals surface area contributed by atoms with E-state index in [-0.39, 0.29) is 6.09 Å². The molecule has 134 valence electrons. The molecule has 1 aliphatic carbocycles. The zero-order valence-corrected chi connectivity index (χ0v) is 15.2. The lowest BCUT2D eigenvalue weighted by Gasteiger charge is -2.36. The van der Waals surface area contributed by atoms with Gasteiger partial charge in [0.25, 0.3) is 0 Å². The van der Waals surface area contributed by atoms with E-state index in [2.05, 4.69) is 17.6 Å². The van der Waals surface area contributed by atoms with E-state index < -0.39 is 5.60 Å². The molecule has 4 atom stereocenters. The molecule has 0 spiro atoms. The number of carbonyl (C=O) groups is 1. The fourth-order valence-corrected chi connectivity index (χ4v) is 3.62. The Balaban J connectivity index is 1.79. The molecule has 2 N–H and O–H groups in total. The van der Waals surface area contributed by atoms with Gasteiger partial charge in [0.05, 0.1) is 6.61 Å². The van der Waals surface area contributed by atoms with Crippen LogP contribution in [0.5, 0.6) is 0 Å². The third kappa shape index (κ3) is 6.30. The molecule has 23 heavy (non-hydrogen) atoms. The number of ether oxygens (including phenoxy) is 2. The van der Waals surface area contributed by atoms with Gasteiger partial charge in [-0.05, 0) is 58.8 Å². The predicted octanol–water partition coefficient (Wildman–Crippen LogP) is 3.08. The summed E-state index contributed by atoms with van der Waals surface area (Å²) >= 11 is 0. The molecule has 1 saturated carbocycles. The summed E-state index contributed by atoms with van der Waals surface area (Å²) in [7, 11) is 0. The number of carbonyl (C=O) groups excluding carboxylic acids is 1. The van der Waals surface area contributed by atoms with Crippen molar-refractivity contribution >= 4 is 6.09 Å². The average Bonchev–Trinajstić information content (AvgIpc) is 2.99. The van der Waals surface area contributed by atoms with Gasteiger partial charge >= 0.3 is 6.09 Å². The van der Waals surface area contributed by atoms with Crippen molar-refractivity contribution in [3.8, 4) is 0 Å². The molecule has 0 aromatic carbocycles. The van der Waals surface area contributed by atoms with Gasteiger partial charge in [-0.1, -0.05) is 12.8 Å². The van der Waals surface area contributed by atoms with Crippen molar-refractivity contribution in [2.75, 3.05) is 19.8 Å². The molecule has 0 radical (unpaired) electrons. The van der Waals surface area contributed by atoms with E-state index in [4.69, 9.17) is 9.47 Å². The Hall–Kier alpha value is -0.810. The van der Waals surface area contributed by atoms with Gasteiger partial charge in [-0.3, -0.25) is 0 Å². The van der Waals surface area contributed by atoms with Crippen LogP contribution in [-0.4, -0.2) is 43.5 Å². The molecule has 4 unspecified atom stereocenters. The van der Waals surface area contributed by atoms with Gasteiger partial charge in [0, 0.05) is 25.2 Å². The highest BCUT2D eigenvalue weighted by Crippen LogP contribution is 2.26. The summed E-state index contributed by atoms with van der Waals surface area (Å²) < 4.78 is 10.8. The zero-order valence-electron chi connectivity index (χ0n) is 15.2. The smallest absolute Gasteiger partial charge is 0.407 e. The lowest BCUT2D eigenvalue weighted by atomic mass is 9.83. The Morgan fingerprint density at radius 2 is 2.00 bits per heavy atom. The molecule has 2 fully saturated rings. The summed E-state index contributed by atoms with van der Waals surface area (Å²) in [4.78, 5) is 11.9. The zero-order chi connectivity index (χ0) is 16.9. The maximum Gasteiger partial charge on any atom is 0.407 e. The largest absolute Gasteiger partial charge is 0.444 e. The third-order valence-electron chi connectivity index (χ3n) is 4.97. The van der Waals surface area contributed by atoms with E-state index >= 15 is 0 Å². The molecule has 1 aliphatic heterocycles. The highest BCUT2D eigenvalue weighted by molar-refractivity contribution is 5.67. The normalized spacial score (nSPS) is 30.0. The summed E-state index contributed by atoms with van der Waals surface area (Å²) in [6.45, 7) is 10.4. The van der Waals surface area contributed by atoms with Gasteiger partial charge in [0.2, 0.25) is 0 Å². The van der Waals surface area contributed by atoms with Crippen LogP contribution in [0.1, 0.15) is 59.8 Å². The summed E-state index contributed by atoms with van der Waals surface area (Å²) in [6, 6.07) is 0.957. The molecule has 0 aromatic heterocycles. The number of amides is 1. The average molecular weight is 326 g/mol. The van der Waals surface area contributed by atoms with Gasteiger partial charge in [-0.15, -0.1) is 0 Å². The van der Waals surface area contributed by atoms with Crippen LogP contribution >= 0.6 is 0 Å². The molecule has 1 heterocycles. The highest BCUT2D eigenvalue weighted by Gasteiger charge is 2.30. The molecule has 1 amide bonds. The first kappa shape index (κ1) is 18.5. The van der Waals surface area contributed by atoms with Crippen molar-refractivity contribution in [2.45, 2.75) is 77.5 Å². The highest BCUT2D eigenvalue weighted by atomic mass is 16.6. The second kappa shape index (κ2) is 8.34. The first-order valence-electron chi connectivity index (χ1n) is 9.16. The van der Waals surface area contributed by atoms with E-state index in [9.17, 15) is 4.79 Å². The van der Waals surface area contributed by atoms with Gasteiger partial charge in [0.15, 0.2) is 0 Å². The minimum absolute atomic E-state index is 0.306. The number of alkyl carbamates (subject to hydrolysis) is 1. The Kier molecular flexibility index (Phi) is 6.72. The van der Waals surface area contributed by atoms with Crippen LogP contribution in [0, 0.1) is 11.8 Å². The van der Waals surface area contributed by atoms with Crippen LogP contribution in [0.3, 0.4) is 0 Å². The van der Waals surface area contributed by atoms with Gasteiger partial charge in [-0.25, -0.2) is 4.79 Å². The second-order valence-electron chi connectivity index (χ2n) is 8.11. The van der Waals surface area contributed by atoms with Crippen molar-refractivity contribution in [2.24, 2.45) is 11.8 Å². The molecule has 2 aliphatic rings. The SMILES string of the molecule is CC(NC1CCCCC1CNC(=O)OC(C)(C)C)C1CCOC1. The van der Waals surface area contributed by atoms with Crippen molar-refractivity contribution in [3.05, 3.63) is 0 Å². The van der Waals surface area contributed by atoms with E-state index in [1.807, 2.05) is 20.8 Å². The van der Waals surface area contributed by atoms with Crippen molar-refractivity contribution in [1.82, 2.24) is 10.6 Å². The first-order valence-corrected chi connectivity index (χ1v) is 9.16. The van der Waals surface area contributed by atoms with Crippen molar-refractivity contribution in [1.29, 1.82) is 0 Å². The minimum atomic E-state index is -0.439. The number of nitrogens with one attached hydrogen (secondary N) is 2. The van der Waals surface area contributed by atoms with Crippen LogP contribution in [0.15, 0.2) is 0 Å². The Morgan fingerprint density at radius 3 is 2.65 bits per heavy atom. The van der Waals surface area contributed by atoms with Gasteiger partial charge in [-0.2, -0.15) is 0 Å². The molecule has 2 rings (SSSR count). The quantitative estimate of drug-likeness (QED) is 0.815. The van der Waals surface area contributed by atoms with E-state index in [1.165, 1.54) is 25.7 Å². The van der Waals surface area contributed by atoms with Crippen molar-refractivity contribution < 1.29 is 14.3 Å².